The van der Waals surface area contributed by atoms with Crippen LogP contribution in [0.1, 0.15) is 11.1 Å². The Balaban J connectivity index is 2.25. The van der Waals surface area contributed by atoms with Crippen LogP contribution in [0.3, 0.4) is 0 Å². The van der Waals surface area contributed by atoms with E-state index in [2.05, 4.69) is 10.3 Å². The summed E-state index contributed by atoms with van der Waals surface area (Å²) in [7, 11) is 3.71. The summed E-state index contributed by atoms with van der Waals surface area (Å²) in [6, 6.07) is 15.1. The van der Waals surface area contributed by atoms with Crippen LogP contribution in [0.2, 0.25) is 5.02 Å². The van der Waals surface area contributed by atoms with E-state index in [4.69, 9.17) is 11.6 Å². The third-order valence-corrected chi connectivity index (χ3v) is 3.61. The summed E-state index contributed by atoms with van der Waals surface area (Å²) in [5.41, 5.74) is 3.50. The van der Waals surface area contributed by atoms with E-state index in [9.17, 15) is 4.79 Å². The van der Waals surface area contributed by atoms with E-state index in [1.165, 1.54) is 0 Å². The molecule has 0 fully saturated rings. The molecule has 0 aliphatic carbocycles. The molecule has 1 aliphatic rings. The Labute approximate surface area is 140 Å². The van der Waals surface area contributed by atoms with Crippen molar-refractivity contribution in [3.05, 3.63) is 76.6 Å². The highest BCUT2D eigenvalue weighted by Crippen LogP contribution is 2.28. The van der Waals surface area contributed by atoms with Crippen LogP contribution < -0.4 is 5.32 Å². The van der Waals surface area contributed by atoms with Gasteiger partial charge in [-0.25, -0.2) is 4.99 Å². The van der Waals surface area contributed by atoms with Crippen LogP contribution in [0.15, 0.2) is 65.4 Å². The fraction of sp³-hybridized carbons (Fsp3) is 0.111. The molecular weight excluding hydrogens is 310 g/mol. The molecule has 0 unspecified atom stereocenters. The normalized spacial score (nSPS) is 15.5. The fourth-order valence-corrected chi connectivity index (χ4v) is 2.56. The van der Waals surface area contributed by atoms with Crippen molar-refractivity contribution >= 4 is 28.9 Å². The maximum atomic E-state index is 12.4. The van der Waals surface area contributed by atoms with Crippen molar-refractivity contribution < 1.29 is 4.79 Å². The van der Waals surface area contributed by atoms with Crippen LogP contribution in [0.25, 0.3) is 0 Å². The first-order valence-electron chi connectivity index (χ1n) is 7.18. The molecule has 3 rings (SSSR count). The molecule has 0 bridgehead atoms. The van der Waals surface area contributed by atoms with Crippen molar-refractivity contribution in [2.75, 3.05) is 19.4 Å². The molecule has 0 aromatic heterocycles. The molecular formula is C18H16ClN3O. The molecule has 1 aliphatic heterocycles. The molecule has 23 heavy (non-hydrogen) atoms. The molecule has 1 N–H and O–H groups in total. The topological polar surface area (TPSA) is 44.7 Å². The number of halogens is 1. The first kappa shape index (κ1) is 15.3. The van der Waals surface area contributed by atoms with Crippen molar-refractivity contribution in [2.45, 2.75) is 0 Å². The van der Waals surface area contributed by atoms with E-state index in [0.717, 1.165) is 16.8 Å². The quantitative estimate of drug-likeness (QED) is 0.858. The van der Waals surface area contributed by atoms with Crippen molar-refractivity contribution in [3.63, 3.8) is 0 Å². The Hall–Kier alpha value is -2.59. The maximum absolute atomic E-state index is 12.4. The number of nitrogens with one attached hydrogen (secondary N) is 1. The van der Waals surface area contributed by atoms with Gasteiger partial charge < -0.3 is 10.2 Å². The lowest BCUT2D eigenvalue weighted by molar-refractivity contribution is -0.112. The van der Waals surface area contributed by atoms with Crippen molar-refractivity contribution in [2.24, 2.45) is 4.99 Å². The Bertz CT molecular complexity index is 810. The number of nitrogens with zero attached hydrogens (tertiary/aromatic N) is 2. The van der Waals surface area contributed by atoms with Gasteiger partial charge in [0.25, 0.3) is 5.91 Å². The van der Waals surface area contributed by atoms with Crippen LogP contribution in [0.5, 0.6) is 0 Å². The summed E-state index contributed by atoms with van der Waals surface area (Å²) in [5, 5.41) is 3.50. The van der Waals surface area contributed by atoms with Crippen LogP contribution in [0, 0.1) is 0 Å². The fourth-order valence-electron chi connectivity index (χ4n) is 2.39. The van der Waals surface area contributed by atoms with Gasteiger partial charge in [-0.2, -0.15) is 0 Å². The number of carbonyl (C=O) groups is 1. The van der Waals surface area contributed by atoms with Crippen LogP contribution in [-0.4, -0.2) is 30.6 Å². The monoisotopic (exact) mass is 325 g/mol. The number of hydrogen-bond donors (Lipinski definition) is 1. The Morgan fingerprint density at radius 1 is 1.13 bits per heavy atom. The maximum Gasteiger partial charge on any atom is 0.275 e. The number of rotatable bonds is 2. The number of benzodiazepines with no additional fused rings is 1. The minimum Gasteiger partial charge on any atom is -0.382 e. The Morgan fingerprint density at radius 3 is 2.57 bits per heavy atom. The molecule has 4 nitrogen and oxygen atoms in total. The number of aliphatic imine (C=N–C) groups is 1. The average Bonchev–Trinajstić information content (AvgIpc) is 2.65. The van der Waals surface area contributed by atoms with Crippen molar-refractivity contribution in [1.82, 2.24) is 4.90 Å². The first-order valence-corrected chi connectivity index (χ1v) is 7.56. The number of carbonyl (C=O) groups excluding carboxylic acids is 1. The van der Waals surface area contributed by atoms with Gasteiger partial charge in [-0.05, 0) is 18.2 Å². The smallest absolute Gasteiger partial charge is 0.275 e. The third-order valence-electron chi connectivity index (χ3n) is 3.38. The molecule has 2 aromatic rings. The molecule has 0 spiro atoms. The van der Waals surface area contributed by atoms with Gasteiger partial charge in [-0.15, -0.1) is 0 Å². The zero-order valence-corrected chi connectivity index (χ0v) is 13.6. The Kier molecular flexibility index (Phi) is 4.17. The summed E-state index contributed by atoms with van der Waals surface area (Å²) in [4.78, 5) is 18.8. The molecule has 0 saturated heterocycles. The molecule has 116 valence electrons. The number of amides is 1. The van der Waals surface area contributed by atoms with Gasteiger partial charge >= 0.3 is 0 Å². The molecule has 1 amide bonds. The van der Waals surface area contributed by atoms with Crippen LogP contribution >= 0.6 is 11.6 Å². The van der Waals surface area contributed by atoms with Gasteiger partial charge in [0.2, 0.25) is 0 Å². The van der Waals surface area contributed by atoms with E-state index in [1.807, 2.05) is 50.5 Å². The molecule has 5 heteroatoms. The predicted molar refractivity (Wildman–Crippen MR) is 93.9 cm³/mol. The van der Waals surface area contributed by atoms with Gasteiger partial charge in [0, 0.05) is 36.4 Å². The van der Waals surface area contributed by atoms with E-state index in [0.29, 0.717) is 16.4 Å². The van der Waals surface area contributed by atoms with Gasteiger partial charge in [-0.3, -0.25) is 4.79 Å². The third kappa shape index (κ3) is 3.27. The predicted octanol–water partition coefficient (Wildman–Crippen LogP) is 3.53. The van der Waals surface area contributed by atoms with Gasteiger partial charge in [0.1, 0.15) is 5.70 Å². The zero-order valence-electron chi connectivity index (χ0n) is 12.9. The Morgan fingerprint density at radius 2 is 1.87 bits per heavy atom. The minimum absolute atomic E-state index is 0.242. The first-order chi connectivity index (χ1) is 11.0. The SMILES string of the molecule is CN(C)/C=C1\N=C(c2ccccc2)c2cc(Cl)ccc2NC1=O. The van der Waals surface area contributed by atoms with E-state index >= 15 is 0 Å². The van der Waals surface area contributed by atoms with Gasteiger partial charge in [0.15, 0.2) is 0 Å². The van der Waals surface area contributed by atoms with E-state index in [1.54, 1.807) is 23.2 Å². The van der Waals surface area contributed by atoms with Crippen molar-refractivity contribution in [3.8, 4) is 0 Å². The lowest BCUT2D eigenvalue weighted by atomic mass is 10.0. The van der Waals surface area contributed by atoms with E-state index in [-0.39, 0.29) is 5.91 Å². The van der Waals surface area contributed by atoms with Gasteiger partial charge in [-0.1, -0.05) is 41.9 Å². The molecule has 2 aromatic carbocycles. The molecule has 0 atom stereocenters. The number of fused-ring (bicyclic) bond motifs is 1. The van der Waals surface area contributed by atoms with Gasteiger partial charge in [0.05, 0.1) is 11.4 Å². The number of benzene rings is 2. The zero-order chi connectivity index (χ0) is 16.4. The minimum atomic E-state index is -0.242. The highest BCUT2D eigenvalue weighted by Gasteiger charge is 2.21. The summed E-state index contributed by atoms with van der Waals surface area (Å²) in [6.07, 6.45) is 1.70. The highest BCUT2D eigenvalue weighted by atomic mass is 35.5. The molecule has 0 radical (unpaired) electrons. The standard InChI is InChI=1S/C18H16ClN3O/c1-22(2)11-16-18(23)21-15-9-8-13(19)10-14(15)17(20-16)12-6-4-3-5-7-12/h3-11H,1-2H3,(H,21,23)/b16-11-. The summed E-state index contributed by atoms with van der Waals surface area (Å²) >= 11 is 6.15. The number of hydrogen-bond acceptors (Lipinski definition) is 3. The highest BCUT2D eigenvalue weighted by molar-refractivity contribution is 6.32. The lowest BCUT2D eigenvalue weighted by Gasteiger charge is -2.10. The molecule has 0 saturated carbocycles. The summed E-state index contributed by atoms with van der Waals surface area (Å²) in [6.45, 7) is 0. The van der Waals surface area contributed by atoms with Crippen LogP contribution in [-0.2, 0) is 4.79 Å². The second kappa shape index (κ2) is 6.26. The van der Waals surface area contributed by atoms with Crippen LogP contribution in [0.4, 0.5) is 5.69 Å². The summed E-state index contributed by atoms with van der Waals surface area (Å²) in [5.74, 6) is -0.242. The van der Waals surface area contributed by atoms with Crippen molar-refractivity contribution in [1.29, 1.82) is 0 Å². The van der Waals surface area contributed by atoms with E-state index < -0.39 is 0 Å². The average molecular weight is 326 g/mol. The lowest BCUT2D eigenvalue weighted by Crippen LogP contribution is -2.15. The largest absolute Gasteiger partial charge is 0.382 e. The molecule has 1 heterocycles. The number of anilines is 1. The second-order valence-corrected chi connectivity index (χ2v) is 5.88. The second-order valence-electron chi connectivity index (χ2n) is 5.45. The summed E-state index contributed by atoms with van der Waals surface area (Å²) < 4.78 is 0.